The van der Waals surface area contributed by atoms with Crippen molar-refractivity contribution < 1.29 is 4.79 Å². The molecule has 30 heavy (non-hydrogen) atoms. The number of fused-ring (bicyclic) bond motifs is 1. The van der Waals surface area contributed by atoms with Gasteiger partial charge in [0.15, 0.2) is 5.16 Å². The van der Waals surface area contributed by atoms with E-state index in [1.165, 1.54) is 16.6 Å². The fraction of sp³-hybridized carbons (Fsp3) is 0.500. The molecule has 1 aliphatic rings. The summed E-state index contributed by atoms with van der Waals surface area (Å²) in [5, 5.41) is 3.32. The van der Waals surface area contributed by atoms with Crippen LogP contribution in [0.4, 0.5) is 0 Å². The summed E-state index contributed by atoms with van der Waals surface area (Å²) < 4.78 is 0. The van der Waals surface area contributed by atoms with Gasteiger partial charge in [0.25, 0.3) is 5.56 Å². The third kappa shape index (κ3) is 4.36. The lowest BCUT2D eigenvalue weighted by atomic mass is 9.98. The second-order valence-corrected chi connectivity index (χ2v) is 11.1. The lowest BCUT2D eigenvalue weighted by Gasteiger charge is -2.23. The van der Waals surface area contributed by atoms with Crippen molar-refractivity contribution >= 4 is 50.6 Å². The zero-order valence-corrected chi connectivity index (χ0v) is 20.0. The number of aryl methyl sites for hydroxylation is 1. The molecule has 160 valence electrons. The van der Waals surface area contributed by atoms with E-state index in [0.717, 1.165) is 52.9 Å². The number of carbonyl (C=O) groups excluding carboxylic acids is 1. The Balaban J connectivity index is 1.49. The fourth-order valence-electron chi connectivity index (χ4n) is 4.02. The number of H-pyrrole nitrogens is 1. The quantitative estimate of drug-likeness (QED) is 0.378. The van der Waals surface area contributed by atoms with Gasteiger partial charge >= 0.3 is 0 Å². The summed E-state index contributed by atoms with van der Waals surface area (Å²) in [7, 11) is 0. The van der Waals surface area contributed by atoms with Crippen LogP contribution in [0, 0.1) is 12.8 Å². The van der Waals surface area contributed by atoms with Crippen LogP contribution in [0.1, 0.15) is 54.5 Å². The third-order valence-electron chi connectivity index (χ3n) is 5.87. The molecule has 0 spiro atoms. The summed E-state index contributed by atoms with van der Waals surface area (Å²) in [5.74, 6) is 0.934. The number of hydrogen-bond donors (Lipinski definition) is 1. The first-order valence-electron chi connectivity index (χ1n) is 10.5. The van der Waals surface area contributed by atoms with E-state index in [9.17, 15) is 9.59 Å². The highest BCUT2D eigenvalue weighted by atomic mass is 32.2. The van der Waals surface area contributed by atoms with Crippen LogP contribution in [0.3, 0.4) is 0 Å². The first-order valence-corrected chi connectivity index (χ1v) is 13.1. The molecule has 0 aromatic carbocycles. The highest BCUT2D eigenvalue weighted by Crippen LogP contribution is 2.35. The van der Waals surface area contributed by atoms with Crippen LogP contribution >= 0.6 is 34.4 Å². The first kappa shape index (κ1) is 21.6. The van der Waals surface area contributed by atoms with E-state index < -0.39 is 0 Å². The maximum Gasteiger partial charge on any atom is 0.260 e. The second-order valence-electron chi connectivity index (χ2n) is 7.95. The molecule has 3 aromatic rings. The number of amides is 1. The van der Waals surface area contributed by atoms with Gasteiger partial charge in [-0.25, -0.2) is 4.98 Å². The Morgan fingerprint density at radius 3 is 3.03 bits per heavy atom. The molecular formula is C22H27N3O2S3. The molecule has 1 saturated heterocycles. The number of aromatic amines is 1. The molecule has 2 unspecified atom stereocenters. The molecule has 1 amide bonds. The summed E-state index contributed by atoms with van der Waals surface area (Å²) in [5.41, 5.74) is 1.04. The number of likely N-dealkylation sites (tertiary alicyclic amines) is 1. The topological polar surface area (TPSA) is 66.1 Å². The maximum absolute atomic E-state index is 12.9. The van der Waals surface area contributed by atoms with Crippen molar-refractivity contribution in [1.29, 1.82) is 0 Å². The van der Waals surface area contributed by atoms with Gasteiger partial charge in [0.1, 0.15) is 4.83 Å². The molecular weight excluding hydrogens is 434 g/mol. The minimum atomic E-state index is -0.0877. The molecule has 0 saturated carbocycles. The average Bonchev–Trinajstić information content (AvgIpc) is 3.46. The molecule has 8 heteroatoms. The zero-order valence-electron chi connectivity index (χ0n) is 17.6. The largest absolute Gasteiger partial charge is 0.334 e. The van der Waals surface area contributed by atoms with Gasteiger partial charge in [0.05, 0.1) is 17.2 Å². The van der Waals surface area contributed by atoms with E-state index in [-0.39, 0.29) is 17.5 Å². The van der Waals surface area contributed by atoms with Gasteiger partial charge in [-0.1, -0.05) is 38.1 Å². The number of nitrogens with one attached hydrogen (secondary N) is 1. The Bertz CT molecular complexity index is 1090. The molecule has 4 heterocycles. The van der Waals surface area contributed by atoms with Crippen LogP contribution in [0.25, 0.3) is 10.2 Å². The first-order chi connectivity index (χ1) is 14.5. The molecule has 0 aliphatic carbocycles. The third-order valence-corrected chi connectivity index (χ3v) is 8.74. The highest BCUT2D eigenvalue weighted by molar-refractivity contribution is 7.99. The number of nitrogens with zero attached hydrogens (tertiary/aromatic N) is 2. The molecule has 1 fully saturated rings. The van der Waals surface area contributed by atoms with Gasteiger partial charge in [0.2, 0.25) is 5.91 Å². The van der Waals surface area contributed by atoms with Crippen molar-refractivity contribution in [2.75, 3.05) is 12.3 Å². The van der Waals surface area contributed by atoms with Crippen LogP contribution in [0.15, 0.2) is 27.5 Å². The molecule has 4 rings (SSSR count). The van der Waals surface area contributed by atoms with Crippen molar-refractivity contribution in [3.63, 3.8) is 0 Å². The molecule has 3 aromatic heterocycles. The van der Waals surface area contributed by atoms with E-state index in [0.29, 0.717) is 16.8 Å². The number of carbonyl (C=O) groups is 1. The lowest BCUT2D eigenvalue weighted by molar-refractivity contribution is -0.129. The van der Waals surface area contributed by atoms with Crippen LogP contribution in [0.5, 0.6) is 0 Å². The van der Waals surface area contributed by atoms with Crippen LogP contribution < -0.4 is 5.56 Å². The van der Waals surface area contributed by atoms with Gasteiger partial charge in [-0.3, -0.25) is 9.59 Å². The highest BCUT2D eigenvalue weighted by Gasteiger charge is 2.30. The zero-order chi connectivity index (χ0) is 21.3. The lowest BCUT2D eigenvalue weighted by Crippen LogP contribution is -2.31. The van der Waals surface area contributed by atoms with Crippen LogP contribution in [-0.4, -0.2) is 33.1 Å². The Morgan fingerprint density at radius 2 is 2.30 bits per heavy atom. The number of thiophene rings is 2. The molecule has 0 bridgehead atoms. The second kappa shape index (κ2) is 9.24. The standard InChI is InChI=1S/C22H27N3O2S3/c1-4-13(2)11-15-14(3)30-21-19(15)20(27)23-22(24-21)29-12-18(26)25-9-5-7-16(25)17-8-6-10-28-17/h6,8,10,13,16H,4-5,7,9,11-12H2,1-3H3,(H,23,24,27). The molecule has 1 aliphatic heterocycles. The summed E-state index contributed by atoms with van der Waals surface area (Å²) in [6.45, 7) is 7.25. The molecule has 5 nitrogen and oxygen atoms in total. The SMILES string of the molecule is CCC(C)Cc1c(C)sc2nc(SCC(=O)N3CCCC3c3cccs3)[nH]c(=O)c12. The minimum Gasteiger partial charge on any atom is -0.334 e. The molecule has 1 N–H and O–H groups in total. The van der Waals surface area contributed by atoms with E-state index in [1.54, 1.807) is 22.7 Å². The van der Waals surface area contributed by atoms with Crippen molar-refractivity contribution in [3.05, 3.63) is 43.2 Å². The van der Waals surface area contributed by atoms with Crippen LogP contribution in [-0.2, 0) is 11.2 Å². The van der Waals surface area contributed by atoms with E-state index in [2.05, 4.69) is 42.2 Å². The van der Waals surface area contributed by atoms with Gasteiger partial charge in [0, 0.05) is 16.3 Å². The fourth-order valence-corrected chi connectivity index (χ4v) is 6.75. The Morgan fingerprint density at radius 1 is 1.47 bits per heavy atom. The van der Waals surface area contributed by atoms with Crippen molar-refractivity contribution in [2.45, 2.75) is 57.7 Å². The summed E-state index contributed by atoms with van der Waals surface area (Å²) >= 11 is 4.62. The Hall–Kier alpha value is -1.64. The van der Waals surface area contributed by atoms with Gasteiger partial charge in [-0.15, -0.1) is 22.7 Å². The van der Waals surface area contributed by atoms with Crippen molar-refractivity contribution in [2.24, 2.45) is 5.92 Å². The molecule has 2 atom stereocenters. The van der Waals surface area contributed by atoms with Crippen molar-refractivity contribution in [1.82, 2.24) is 14.9 Å². The summed E-state index contributed by atoms with van der Waals surface area (Å²) in [6, 6.07) is 4.34. The van der Waals surface area contributed by atoms with Gasteiger partial charge < -0.3 is 9.88 Å². The van der Waals surface area contributed by atoms with Gasteiger partial charge in [-0.2, -0.15) is 0 Å². The maximum atomic E-state index is 12.9. The Labute approximate surface area is 188 Å². The number of aromatic nitrogens is 2. The van der Waals surface area contributed by atoms with Gasteiger partial charge in [-0.05, 0) is 49.1 Å². The smallest absolute Gasteiger partial charge is 0.260 e. The van der Waals surface area contributed by atoms with E-state index >= 15 is 0 Å². The number of thioether (sulfide) groups is 1. The Kier molecular flexibility index (Phi) is 6.65. The minimum absolute atomic E-state index is 0.0877. The summed E-state index contributed by atoms with van der Waals surface area (Å²) in [6.07, 6.45) is 4.04. The average molecular weight is 462 g/mol. The number of hydrogen-bond acceptors (Lipinski definition) is 6. The number of rotatable bonds is 7. The summed E-state index contributed by atoms with van der Waals surface area (Å²) in [4.78, 5) is 38.5. The van der Waals surface area contributed by atoms with Crippen LogP contribution in [0.2, 0.25) is 0 Å². The normalized spacial score (nSPS) is 17.7. The monoisotopic (exact) mass is 461 g/mol. The predicted molar refractivity (Wildman–Crippen MR) is 127 cm³/mol. The molecule has 0 radical (unpaired) electrons. The predicted octanol–water partition coefficient (Wildman–Crippen LogP) is 5.40. The van der Waals surface area contributed by atoms with E-state index in [1.807, 2.05) is 11.0 Å². The van der Waals surface area contributed by atoms with E-state index in [4.69, 9.17) is 0 Å². The van der Waals surface area contributed by atoms with Crippen molar-refractivity contribution in [3.8, 4) is 0 Å².